The first-order chi connectivity index (χ1) is 11.1. The number of benzene rings is 1. The van der Waals surface area contributed by atoms with E-state index in [4.69, 9.17) is 4.74 Å². The number of Topliss-reactive ketones (excluding diaryl/α,β-unsaturated/α-hetero) is 1. The van der Waals surface area contributed by atoms with E-state index < -0.39 is 6.10 Å². The van der Waals surface area contributed by atoms with Crippen LogP contribution in [0.15, 0.2) is 48.7 Å². The van der Waals surface area contributed by atoms with E-state index in [9.17, 15) is 9.90 Å². The maximum atomic E-state index is 11.2. The van der Waals surface area contributed by atoms with E-state index in [-0.39, 0.29) is 18.4 Å². The number of aliphatic hydroxyl groups is 1. The van der Waals surface area contributed by atoms with Crippen LogP contribution in [0.3, 0.4) is 0 Å². The number of pyridine rings is 1. The van der Waals surface area contributed by atoms with Crippen LogP contribution in [0, 0.1) is 0 Å². The molecule has 5 heteroatoms. The first kappa shape index (κ1) is 17.1. The third-order valence-electron chi connectivity index (χ3n) is 3.49. The number of hydrogen-bond acceptors (Lipinski definition) is 5. The summed E-state index contributed by atoms with van der Waals surface area (Å²) in [6.45, 7) is 4.11. The van der Waals surface area contributed by atoms with E-state index in [0.29, 0.717) is 17.9 Å². The van der Waals surface area contributed by atoms with Gasteiger partial charge in [0.2, 0.25) is 0 Å². The molecular formula is C18H22N2O3. The summed E-state index contributed by atoms with van der Waals surface area (Å²) < 4.78 is 5.52. The monoisotopic (exact) mass is 314 g/mol. The highest BCUT2D eigenvalue weighted by atomic mass is 16.5. The van der Waals surface area contributed by atoms with Crippen molar-refractivity contribution in [3.8, 4) is 5.75 Å². The predicted molar refractivity (Wildman–Crippen MR) is 88.6 cm³/mol. The van der Waals surface area contributed by atoms with Gasteiger partial charge in [-0.25, -0.2) is 0 Å². The Hall–Kier alpha value is -2.24. The Kier molecular flexibility index (Phi) is 6.26. The van der Waals surface area contributed by atoms with Crippen molar-refractivity contribution in [1.82, 2.24) is 10.3 Å². The molecule has 0 amide bonds. The molecule has 0 bridgehead atoms. The third-order valence-corrected chi connectivity index (χ3v) is 3.49. The molecule has 5 nitrogen and oxygen atoms in total. The molecule has 0 saturated heterocycles. The molecule has 0 saturated carbocycles. The van der Waals surface area contributed by atoms with Crippen LogP contribution in [0.25, 0.3) is 0 Å². The van der Waals surface area contributed by atoms with E-state index in [1.807, 2.05) is 25.1 Å². The van der Waals surface area contributed by atoms with Crippen molar-refractivity contribution >= 4 is 5.78 Å². The average Bonchev–Trinajstić information content (AvgIpc) is 2.59. The van der Waals surface area contributed by atoms with Gasteiger partial charge in [-0.05, 0) is 50.2 Å². The molecule has 0 aliphatic heterocycles. The summed E-state index contributed by atoms with van der Waals surface area (Å²) in [6, 6.07) is 12.7. The van der Waals surface area contributed by atoms with Crippen molar-refractivity contribution < 1.29 is 14.6 Å². The van der Waals surface area contributed by atoms with Crippen LogP contribution in [0.5, 0.6) is 5.75 Å². The molecule has 23 heavy (non-hydrogen) atoms. The molecule has 2 aromatic rings. The molecule has 1 aromatic carbocycles. The maximum Gasteiger partial charge on any atom is 0.159 e. The van der Waals surface area contributed by atoms with Gasteiger partial charge in [0.25, 0.3) is 0 Å². The van der Waals surface area contributed by atoms with Crippen LogP contribution in [-0.2, 0) is 0 Å². The van der Waals surface area contributed by atoms with Crippen LogP contribution >= 0.6 is 0 Å². The van der Waals surface area contributed by atoms with E-state index in [1.54, 1.807) is 30.5 Å². The summed E-state index contributed by atoms with van der Waals surface area (Å²) >= 11 is 0. The second-order valence-electron chi connectivity index (χ2n) is 5.43. The maximum absolute atomic E-state index is 11.2. The van der Waals surface area contributed by atoms with Crippen molar-refractivity contribution in [3.05, 3.63) is 59.9 Å². The molecule has 122 valence electrons. The topological polar surface area (TPSA) is 71.5 Å². The Morgan fingerprint density at radius 1 is 1.26 bits per heavy atom. The van der Waals surface area contributed by atoms with Gasteiger partial charge in [-0.1, -0.05) is 6.07 Å². The lowest BCUT2D eigenvalue weighted by Crippen LogP contribution is -2.33. The number of carbonyl (C=O) groups is 1. The van der Waals surface area contributed by atoms with Crippen molar-refractivity contribution in [2.45, 2.75) is 26.0 Å². The predicted octanol–water partition coefficient (Wildman–Crippen LogP) is 2.37. The molecule has 0 aliphatic rings. The minimum Gasteiger partial charge on any atom is -0.491 e. The molecule has 0 aliphatic carbocycles. The van der Waals surface area contributed by atoms with Gasteiger partial charge in [-0.2, -0.15) is 0 Å². The number of carbonyl (C=O) groups excluding carboxylic acids is 1. The van der Waals surface area contributed by atoms with Crippen molar-refractivity contribution in [2.24, 2.45) is 0 Å². The van der Waals surface area contributed by atoms with Gasteiger partial charge >= 0.3 is 0 Å². The number of hydrogen-bond donors (Lipinski definition) is 2. The second-order valence-corrected chi connectivity index (χ2v) is 5.43. The molecular weight excluding hydrogens is 292 g/mol. The van der Waals surface area contributed by atoms with E-state index in [1.165, 1.54) is 6.92 Å². The van der Waals surface area contributed by atoms with E-state index in [0.717, 1.165) is 5.69 Å². The highest BCUT2D eigenvalue weighted by molar-refractivity contribution is 5.94. The summed E-state index contributed by atoms with van der Waals surface area (Å²) in [5, 5.41) is 13.2. The molecule has 2 unspecified atom stereocenters. The Labute approximate surface area is 136 Å². The molecule has 0 fully saturated rings. The van der Waals surface area contributed by atoms with Gasteiger partial charge in [0.05, 0.1) is 5.69 Å². The molecule has 1 aromatic heterocycles. The summed E-state index contributed by atoms with van der Waals surface area (Å²) in [4.78, 5) is 15.5. The Morgan fingerprint density at radius 3 is 2.61 bits per heavy atom. The van der Waals surface area contributed by atoms with E-state index in [2.05, 4.69) is 10.3 Å². The van der Waals surface area contributed by atoms with Crippen LogP contribution in [0.4, 0.5) is 0 Å². The highest BCUT2D eigenvalue weighted by Gasteiger charge is 2.10. The lowest BCUT2D eigenvalue weighted by molar-refractivity contribution is 0.101. The number of rotatable bonds is 8. The van der Waals surface area contributed by atoms with Gasteiger partial charge in [0, 0.05) is 24.3 Å². The zero-order chi connectivity index (χ0) is 16.7. The molecule has 2 rings (SSSR count). The van der Waals surface area contributed by atoms with Crippen molar-refractivity contribution in [2.75, 3.05) is 13.2 Å². The Morgan fingerprint density at radius 2 is 2.00 bits per heavy atom. The summed E-state index contributed by atoms with van der Waals surface area (Å²) in [5.41, 5.74) is 1.57. The van der Waals surface area contributed by atoms with Gasteiger partial charge in [0.1, 0.15) is 18.5 Å². The number of nitrogens with one attached hydrogen (secondary N) is 1. The fourth-order valence-corrected chi connectivity index (χ4v) is 2.09. The first-order valence-electron chi connectivity index (χ1n) is 7.62. The first-order valence-corrected chi connectivity index (χ1v) is 7.62. The van der Waals surface area contributed by atoms with Gasteiger partial charge in [-0.15, -0.1) is 0 Å². The third kappa shape index (κ3) is 5.47. The van der Waals surface area contributed by atoms with Crippen molar-refractivity contribution in [3.63, 3.8) is 0 Å². The summed E-state index contributed by atoms with van der Waals surface area (Å²) in [5.74, 6) is 0.649. The van der Waals surface area contributed by atoms with Crippen LogP contribution in [0.2, 0.25) is 0 Å². The molecule has 1 heterocycles. The fraction of sp³-hybridized carbons (Fsp3) is 0.333. The minimum atomic E-state index is -0.631. The average molecular weight is 314 g/mol. The van der Waals surface area contributed by atoms with Gasteiger partial charge in [-0.3, -0.25) is 9.78 Å². The lowest BCUT2D eigenvalue weighted by Gasteiger charge is -2.17. The molecule has 0 radical (unpaired) electrons. The largest absolute Gasteiger partial charge is 0.491 e. The molecule has 2 atom stereocenters. The lowest BCUT2D eigenvalue weighted by atomic mass is 10.1. The summed E-state index contributed by atoms with van der Waals surface area (Å²) in [7, 11) is 0. The van der Waals surface area contributed by atoms with Crippen LogP contribution in [0.1, 0.15) is 35.9 Å². The minimum absolute atomic E-state index is 0.0179. The SMILES string of the molecule is CC(=O)c1ccc(OCC(O)CNC(C)c2ccccn2)cc1. The quantitative estimate of drug-likeness (QED) is 0.732. The fourth-order valence-electron chi connectivity index (χ4n) is 2.09. The van der Waals surface area contributed by atoms with Crippen molar-refractivity contribution in [1.29, 1.82) is 0 Å². The smallest absolute Gasteiger partial charge is 0.159 e. The number of aromatic nitrogens is 1. The summed E-state index contributed by atoms with van der Waals surface area (Å²) in [6.07, 6.45) is 1.12. The van der Waals surface area contributed by atoms with E-state index >= 15 is 0 Å². The molecule has 2 N–H and O–H groups in total. The Balaban J connectivity index is 1.74. The normalized spacial score (nSPS) is 13.3. The second kappa shape index (κ2) is 8.41. The van der Waals surface area contributed by atoms with Crippen LogP contribution < -0.4 is 10.1 Å². The number of ketones is 1. The van der Waals surface area contributed by atoms with Gasteiger partial charge < -0.3 is 15.2 Å². The zero-order valence-corrected chi connectivity index (χ0v) is 13.4. The number of ether oxygens (including phenoxy) is 1. The van der Waals surface area contributed by atoms with Crippen LogP contribution in [-0.4, -0.2) is 35.1 Å². The molecule has 0 spiro atoms. The number of nitrogens with zero attached hydrogens (tertiary/aromatic N) is 1. The number of aliphatic hydroxyl groups excluding tert-OH is 1. The zero-order valence-electron chi connectivity index (χ0n) is 13.4. The Bertz CT molecular complexity index is 614. The standard InChI is InChI=1S/C18H22N2O3/c1-13(18-5-3-4-10-19-18)20-11-16(22)12-23-17-8-6-15(7-9-17)14(2)21/h3-10,13,16,20,22H,11-12H2,1-2H3. The highest BCUT2D eigenvalue weighted by Crippen LogP contribution is 2.13. The van der Waals surface area contributed by atoms with Gasteiger partial charge in [0.15, 0.2) is 5.78 Å².